The minimum Gasteiger partial charge on any atom is -0.323 e. The quantitative estimate of drug-likeness (QED) is 0.852. The summed E-state index contributed by atoms with van der Waals surface area (Å²) in [4.78, 5) is 16.9. The highest BCUT2D eigenvalue weighted by atomic mass is 16.1. The van der Waals surface area contributed by atoms with Gasteiger partial charge in [-0.3, -0.25) is 4.79 Å². The second kappa shape index (κ2) is 5.39. The molecule has 3 heteroatoms. The third-order valence-electron chi connectivity index (χ3n) is 4.91. The van der Waals surface area contributed by atoms with Gasteiger partial charge in [-0.15, -0.1) is 0 Å². The SMILES string of the molecule is CC1CCC(C(=O)Cn2cnc3ccccc32)CC1C. The highest BCUT2D eigenvalue weighted by Gasteiger charge is 2.29. The molecule has 106 valence electrons. The van der Waals surface area contributed by atoms with Crippen molar-refractivity contribution in [3.8, 4) is 0 Å². The minimum atomic E-state index is 0.238. The number of Topliss-reactive ketones (excluding diaryl/α,β-unsaturated/α-hetero) is 1. The lowest BCUT2D eigenvalue weighted by Crippen LogP contribution is -2.28. The Morgan fingerprint density at radius 1 is 1.25 bits per heavy atom. The van der Waals surface area contributed by atoms with Crippen molar-refractivity contribution in [1.29, 1.82) is 0 Å². The van der Waals surface area contributed by atoms with Crippen molar-refractivity contribution in [2.75, 3.05) is 0 Å². The molecule has 1 aliphatic carbocycles. The lowest BCUT2D eigenvalue weighted by atomic mass is 9.74. The van der Waals surface area contributed by atoms with Crippen LogP contribution in [0, 0.1) is 17.8 Å². The first kappa shape index (κ1) is 13.3. The zero-order valence-electron chi connectivity index (χ0n) is 12.2. The molecule has 0 saturated heterocycles. The van der Waals surface area contributed by atoms with E-state index in [0.29, 0.717) is 18.2 Å². The summed E-state index contributed by atoms with van der Waals surface area (Å²) in [6.07, 6.45) is 5.07. The van der Waals surface area contributed by atoms with Crippen LogP contribution in [0.1, 0.15) is 33.1 Å². The molecule has 1 aliphatic rings. The maximum atomic E-state index is 12.5. The molecule has 0 bridgehead atoms. The van der Waals surface area contributed by atoms with Crippen molar-refractivity contribution in [3.05, 3.63) is 30.6 Å². The number of hydrogen-bond acceptors (Lipinski definition) is 2. The molecule has 0 amide bonds. The molecule has 1 fully saturated rings. The van der Waals surface area contributed by atoms with Crippen LogP contribution >= 0.6 is 0 Å². The third-order valence-corrected chi connectivity index (χ3v) is 4.91. The summed E-state index contributed by atoms with van der Waals surface area (Å²) >= 11 is 0. The smallest absolute Gasteiger partial charge is 0.155 e. The standard InChI is InChI=1S/C17H22N2O/c1-12-7-8-14(9-13(12)2)17(20)10-19-11-18-15-5-3-4-6-16(15)19/h3-6,11-14H,7-10H2,1-2H3. The fraction of sp³-hybridized carbons (Fsp3) is 0.529. The monoisotopic (exact) mass is 270 g/mol. The van der Waals surface area contributed by atoms with E-state index in [1.54, 1.807) is 6.33 Å². The van der Waals surface area contributed by atoms with Crippen LogP contribution in [0.4, 0.5) is 0 Å². The van der Waals surface area contributed by atoms with E-state index in [9.17, 15) is 4.79 Å². The second-order valence-corrected chi connectivity index (χ2v) is 6.29. The number of fused-ring (bicyclic) bond motifs is 1. The first-order chi connectivity index (χ1) is 9.65. The molecule has 1 aromatic carbocycles. The van der Waals surface area contributed by atoms with E-state index in [2.05, 4.69) is 18.8 Å². The molecule has 0 spiro atoms. The van der Waals surface area contributed by atoms with Crippen LogP contribution < -0.4 is 0 Å². The molecule has 3 nitrogen and oxygen atoms in total. The molecule has 3 unspecified atom stereocenters. The first-order valence-corrected chi connectivity index (χ1v) is 7.57. The predicted octanol–water partition coefficient (Wildman–Crippen LogP) is 3.68. The van der Waals surface area contributed by atoms with Crippen LogP contribution in [0.5, 0.6) is 0 Å². The van der Waals surface area contributed by atoms with Crippen molar-refractivity contribution in [2.24, 2.45) is 17.8 Å². The second-order valence-electron chi connectivity index (χ2n) is 6.29. The summed E-state index contributed by atoms with van der Waals surface area (Å²) < 4.78 is 1.99. The number of aromatic nitrogens is 2. The Morgan fingerprint density at radius 3 is 2.85 bits per heavy atom. The van der Waals surface area contributed by atoms with Crippen LogP contribution in [0.25, 0.3) is 11.0 Å². The van der Waals surface area contributed by atoms with Crippen molar-refractivity contribution < 1.29 is 4.79 Å². The van der Waals surface area contributed by atoms with Gasteiger partial charge in [0.05, 0.1) is 23.9 Å². The van der Waals surface area contributed by atoms with Gasteiger partial charge in [0.2, 0.25) is 0 Å². The van der Waals surface area contributed by atoms with Crippen molar-refractivity contribution in [1.82, 2.24) is 9.55 Å². The molecular formula is C17H22N2O. The average molecular weight is 270 g/mol. The summed E-state index contributed by atoms with van der Waals surface area (Å²) in [6, 6.07) is 7.99. The lowest BCUT2D eigenvalue weighted by molar-refractivity contribution is -0.125. The number of para-hydroxylation sites is 2. The Morgan fingerprint density at radius 2 is 2.05 bits per heavy atom. The van der Waals surface area contributed by atoms with E-state index in [1.807, 2.05) is 28.8 Å². The molecule has 3 rings (SSSR count). The molecule has 1 heterocycles. The number of ketones is 1. The molecule has 20 heavy (non-hydrogen) atoms. The van der Waals surface area contributed by atoms with E-state index < -0.39 is 0 Å². The zero-order valence-corrected chi connectivity index (χ0v) is 12.2. The van der Waals surface area contributed by atoms with Gasteiger partial charge in [0.15, 0.2) is 5.78 Å². The molecule has 0 aliphatic heterocycles. The fourth-order valence-electron chi connectivity index (χ4n) is 3.27. The number of imidazole rings is 1. The summed E-state index contributed by atoms with van der Waals surface area (Å²) in [5.74, 6) is 2.03. The Balaban J connectivity index is 1.73. The van der Waals surface area contributed by atoms with E-state index in [-0.39, 0.29) is 5.92 Å². The number of benzene rings is 1. The Bertz CT molecular complexity index is 616. The predicted molar refractivity (Wildman–Crippen MR) is 80.4 cm³/mol. The van der Waals surface area contributed by atoms with E-state index in [0.717, 1.165) is 29.8 Å². The topological polar surface area (TPSA) is 34.9 Å². The molecule has 0 N–H and O–H groups in total. The van der Waals surface area contributed by atoms with Crippen molar-refractivity contribution in [3.63, 3.8) is 0 Å². The van der Waals surface area contributed by atoms with Gasteiger partial charge in [-0.25, -0.2) is 4.98 Å². The summed E-state index contributed by atoms with van der Waals surface area (Å²) in [5, 5.41) is 0. The van der Waals surface area contributed by atoms with E-state index >= 15 is 0 Å². The number of rotatable bonds is 3. The molecule has 3 atom stereocenters. The van der Waals surface area contributed by atoms with E-state index in [1.165, 1.54) is 6.42 Å². The first-order valence-electron chi connectivity index (χ1n) is 7.57. The molecule has 1 aromatic heterocycles. The average Bonchev–Trinajstić information content (AvgIpc) is 2.85. The fourth-order valence-corrected chi connectivity index (χ4v) is 3.27. The van der Waals surface area contributed by atoms with Gasteiger partial charge < -0.3 is 4.57 Å². The van der Waals surface area contributed by atoms with Gasteiger partial charge >= 0.3 is 0 Å². The zero-order chi connectivity index (χ0) is 14.1. The Labute approximate surface area is 120 Å². The number of hydrogen-bond donors (Lipinski definition) is 0. The maximum absolute atomic E-state index is 12.5. The molecule has 2 aromatic rings. The van der Waals surface area contributed by atoms with Crippen LogP contribution in [0.15, 0.2) is 30.6 Å². The third kappa shape index (κ3) is 2.49. The van der Waals surface area contributed by atoms with Crippen LogP contribution in [0.2, 0.25) is 0 Å². The number of nitrogens with zero attached hydrogens (tertiary/aromatic N) is 2. The van der Waals surface area contributed by atoms with Crippen LogP contribution in [-0.2, 0) is 11.3 Å². The lowest BCUT2D eigenvalue weighted by Gasteiger charge is -2.31. The minimum absolute atomic E-state index is 0.238. The Hall–Kier alpha value is -1.64. The largest absolute Gasteiger partial charge is 0.323 e. The highest BCUT2D eigenvalue weighted by molar-refractivity contribution is 5.83. The highest BCUT2D eigenvalue weighted by Crippen LogP contribution is 2.34. The molecular weight excluding hydrogens is 248 g/mol. The van der Waals surface area contributed by atoms with Gasteiger partial charge in [-0.1, -0.05) is 26.0 Å². The number of carbonyl (C=O) groups is 1. The van der Waals surface area contributed by atoms with Crippen molar-refractivity contribution in [2.45, 2.75) is 39.7 Å². The van der Waals surface area contributed by atoms with Gasteiger partial charge in [-0.2, -0.15) is 0 Å². The van der Waals surface area contributed by atoms with Crippen LogP contribution in [0.3, 0.4) is 0 Å². The summed E-state index contributed by atoms with van der Waals surface area (Å²) in [6.45, 7) is 5.04. The van der Waals surface area contributed by atoms with Gasteiger partial charge in [0.1, 0.15) is 0 Å². The number of carbonyl (C=O) groups excluding carboxylic acids is 1. The Kier molecular flexibility index (Phi) is 3.60. The summed E-state index contributed by atoms with van der Waals surface area (Å²) in [5.41, 5.74) is 2.02. The van der Waals surface area contributed by atoms with Crippen LogP contribution in [-0.4, -0.2) is 15.3 Å². The molecule has 0 radical (unpaired) electrons. The van der Waals surface area contributed by atoms with Crippen molar-refractivity contribution >= 4 is 16.8 Å². The maximum Gasteiger partial charge on any atom is 0.155 e. The normalized spacial score (nSPS) is 26.8. The van der Waals surface area contributed by atoms with Gasteiger partial charge in [0.25, 0.3) is 0 Å². The van der Waals surface area contributed by atoms with Gasteiger partial charge in [-0.05, 0) is 43.2 Å². The summed E-state index contributed by atoms with van der Waals surface area (Å²) in [7, 11) is 0. The molecule has 1 saturated carbocycles. The van der Waals surface area contributed by atoms with Gasteiger partial charge in [0, 0.05) is 5.92 Å². The van der Waals surface area contributed by atoms with E-state index in [4.69, 9.17) is 0 Å².